The molecule has 0 heterocycles. The summed E-state index contributed by atoms with van der Waals surface area (Å²) in [5, 5.41) is 17.3. The summed E-state index contributed by atoms with van der Waals surface area (Å²) in [6.45, 7) is 18.5. The van der Waals surface area contributed by atoms with Crippen molar-refractivity contribution < 1.29 is 9.90 Å². The van der Waals surface area contributed by atoms with Gasteiger partial charge in [-0.25, -0.2) is 0 Å². The van der Waals surface area contributed by atoms with Gasteiger partial charge < -0.3 is 15.7 Å². The molecular weight excluding hydrogens is 530 g/mol. The first kappa shape index (κ1) is 32.9. The van der Waals surface area contributed by atoms with Crippen molar-refractivity contribution >= 4 is 17.5 Å². The molecule has 0 spiro atoms. The number of carbonyl (C=O) groups is 1. The predicted octanol–water partition coefficient (Wildman–Crippen LogP) is 9.10. The van der Waals surface area contributed by atoms with Crippen LogP contribution in [0.5, 0.6) is 0 Å². The number of aliphatic imine (C=N–C) groups is 1. The molecule has 43 heavy (non-hydrogen) atoms. The van der Waals surface area contributed by atoms with Gasteiger partial charge in [0.25, 0.3) is 5.91 Å². The Morgan fingerprint density at radius 3 is 2.33 bits per heavy atom. The first-order chi connectivity index (χ1) is 20.6. The molecule has 224 valence electrons. The number of amides is 1. The summed E-state index contributed by atoms with van der Waals surface area (Å²) >= 11 is 0. The van der Waals surface area contributed by atoms with Crippen LogP contribution in [0, 0.1) is 12.8 Å². The van der Waals surface area contributed by atoms with Crippen LogP contribution in [0.15, 0.2) is 114 Å². The molecule has 3 rings (SSSR count). The zero-order valence-electron chi connectivity index (χ0n) is 26.4. The fraction of sp³-hybridized carbons (Fsp3) is 0.263. The van der Waals surface area contributed by atoms with Crippen molar-refractivity contribution in [1.82, 2.24) is 10.6 Å². The Hall–Kier alpha value is -4.64. The number of nitrogens with one attached hydrogen (secondary N) is 2. The summed E-state index contributed by atoms with van der Waals surface area (Å²) in [5.41, 5.74) is 7.35. The van der Waals surface area contributed by atoms with Crippen molar-refractivity contribution in [3.05, 3.63) is 137 Å². The average Bonchev–Trinajstić information content (AvgIpc) is 2.99. The van der Waals surface area contributed by atoms with Crippen LogP contribution >= 0.6 is 0 Å². The molecule has 0 aliphatic heterocycles. The topological polar surface area (TPSA) is 73.7 Å². The van der Waals surface area contributed by atoms with Crippen LogP contribution in [-0.2, 0) is 0 Å². The average molecular weight is 576 g/mol. The Labute approximate surface area is 257 Å². The molecule has 0 aliphatic rings. The fourth-order valence-electron chi connectivity index (χ4n) is 5.02. The molecule has 3 aromatic rings. The third-order valence-electron chi connectivity index (χ3n) is 7.27. The van der Waals surface area contributed by atoms with E-state index in [4.69, 9.17) is 0 Å². The van der Waals surface area contributed by atoms with Crippen molar-refractivity contribution in [2.45, 2.75) is 53.5 Å². The smallest absolute Gasteiger partial charge is 0.251 e. The predicted molar refractivity (Wildman–Crippen MR) is 182 cm³/mol. The van der Waals surface area contributed by atoms with Crippen molar-refractivity contribution in [2.75, 3.05) is 7.05 Å². The van der Waals surface area contributed by atoms with E-state index in [1.807, 2.05) is 80.6 Å². The van der Waals surface area contributed by atoms with Gasteiger partial charge in [0.1, 0.15) is 11.6 Å². The van der Waals surface area contributed by atoms with E-state index in [-0.39, 0.29) is 17.7 Å². The van der Waals surface area contributed by atoms with Gasteiger partial charge in [-0.3, -0.25) is 9.79 Å². The largest absolute Gasteiger partial charge is 0.508 e. The number of aliphatic hydroxyl groups excluding tert-OH is 1. The van der Waals surface area contributed by atoms with E-state index in [0.717, 1.165) is 46.2 Å². The number of benzene rings is 3. The second-order valence-corrected chi connectivity index (χ2v) is 11.0. The highest BCUT2D eigenvalue weighted by molar-refractivity contribution is 6.06. The van der Waals surface area contributed by atoms with E-state index in [9.17, 15) is 9.90 Å². The van der Waals surface area contributed by atoms with Crippen LogP contribution in [0.3, 0.4) is 0 Å². The van der Waals surface area contributed by atoms with Crippen LogP contribution < -0.4 is 10.6 Å². The summed E-state index contributed by atoms with van der Waals surface area (Å²) < 4.78 is 0. The maximum Gasteiger partial charge on any atom is 0.251 e. The number of hydrogen-bond acceptors (Lipinski definition) is 3. The fourth-order valence-corrected chi connectivity index (χ4v) is 5.02. The second-order valence-electron chi connectivity index (χ2n) is 11.0. The third-order valence-corrected chi connectivity index (χ3v) is 7.27. The van der Waals surface area contributed by atoms with E-state index in [0.29, 0.717) is 28.6 Å². The van der Waals surface area contributed by atoms with Gasteiger partial charge in [0.2, 0.25) is 0 Å². The minimum absolute atomic E-state index is 0.108. The van der Waals surface area contributed by atoms with Crippen molar-refractivity contribution in [3.8, 4) is 11.1 Å². The first-order valence-electron chi connectivity index (χ1n) is 14.9. The lowest BCUT2D eigenvalue weighted by atomic mass is 9.91. The van der Waals surface area contributed by atoms with Crippen LogP contribution in [0.2, 0.25) is 0 Å². The maximum atomic E-state index is 13.4. The Kier molecular flexibility index (Phi) is 11.9. The number of aryl methyl sites for hydroxylation is 1. The quantitative estimate of drug-likeness (QED) is 0.0873. The Morgan fingerprint density at radius 2 is 1.72 bits per heavy atom. The molecular formula is C38H45N3O2. The summed E-state index contributed by atoms with van der Waals surface area (Å²) in [5.74, 6) is 0.656. The molecule has 1 atom stereocenters. The zero-order valence-corrected chi connectivity index (χ0v) is 26.4. The van der Waals surface area contributed by atoms with E-state index >= 15 is 0 Å². The van der Waals surface area contributed by atoms with Gasteiger partial charge >= 0.3 is 0 Å². The Bertz CT molecular complexity index is 1540. The first-order valence-corrected chi connectivity index (χ1v) is 14.9. The molecule has 1 amide bonds. The lowest BCUT2D eigenvalue weighted by Gasteiger charge is -2.20. The number of carbonyl (C=O) groups excluding carboxylic acids is 1. The summed E-state index contributed by atoms with van der Waals surface area (Å²) in [7, 11) is 1.73. The van der Waals surface area contributed by atoms with Crippen molar-refractivity contribution in [3.63, 3.8) is 0 Å². The normalized spacial score (nSPS) is 12.8. The maximum absolute atomic E-state index is 13.4. The van der Waals surface area contributed by atoms with Crippen molar-refractivity contribution in [2.24, 2.45) is 10.9 Å². The number of hydrogen-bond donors (Lipinski definition) is 3. The Morgan fingerprint density at radius 1 is 1.00 bits per heavy atom. The molecule has 0 aromatic heterocycles. The number of rotatable bonds is 12. The minimum atomic E-state index is -0.205. The molecule has 0 bridgehead atoms. The summed E-state index contributed by atoms with van der Waals surface area (Å²) in [6.07, 6.45) is 7.88. The van der Waals surface area contributed by atoms with Crippen LogP contribution in [0.1, 0.15) is 79.2 Å². The van der Waals surface area contributed by atoms with E-state index < -0.39 is 0 Å². The van der Waals surface area contributed by atoms with E-state index in [2.05, 4.69) is 55.6 Å². The number of aliphatic hydroxyl groups is 1. The molecule has 0 saturated heterocycles. The molecule has 3 aromatic carbocycles. The standard InChI is InChI=1S/C38H45N3O2/c1-9-14-30(25(3)4)23-27(6)40-37(39-8)33-20-18-26(5)22-35(33)32-21-19-31(24-34(32)28(7)42)38(43)41-36(15-10-2)29-16-12-11-13-17-29/h9,11-14,16-25,36,42H,6-7,10,15H2,1-5,8H3,(H,39,40)(H,41,43)/b14-9-,30-23+/t36-/m1/s1. The molecule has 5 nitrogen and oxygen atoms in total. The summed E-state index contributed by atoms with van der Waals surface area (Å²) in [4.78, 5) is 18.0. The van der Waals surface area contributed by atoms with E-state index in [1.165, 1.54) is 0 Å². The van der Waals surface area contributed by atoms with Crippen LogP contribution in [0.4, 0.5) is 0 Å². The third kappa shape index (κ3) is 8.68. The van der Waals surface area contributed by atoms with Gasteiger partial charge in [-0.15, -0.1) is 0 Å². The van der Waals surface area contributed by atoms with Gasteiger partial charge in [0.05, 0.1) is 6.04 Å². The lowest BCUT2D eigenvalue weighted by molar-refractivity contribution is 0.0934. The highest BCUT2D eigenvalue weighted by atomic mass is 16.3. The Balaban J connectivity index is 2.02. The molecule has 0 aliphatic carbocycles. The molecule has 0 radical (unpaired) electrons. The highest BCUT2D eigenvalue weighted by Gasteiger charge is 2.20. The SMILES string of the molecule is C=C(/C=C(\C=C/C)C(C)C)NC(=NC)c1ccc(C)cc1-c1ccc(C(=O)N[C@H](CCC)c2ccccc2)cc1C(=C)O. The minimum Gasteiger partial charge on any atom is -0.508 e. The van der Waals surface area contributed by atoms with Crippen LogP contribution in [0.25, 0.3) is 16.9 Å². The van der Waals surface area contributed by atoms with Gasteiger partial charge in [-0.2, -0.15) is 0 Å². The van der Waals surface area contributed by atoms with E-state index in [1.54, 1.807) is 19.2 Å². The van der Waals surface area contributed by atoms with Gasteiger partial charge in [-0.1, -0.05) is 113 Å². The molecule has 0 fully saturated rings. The lowest BCUT2D eigenvalue weighted by Crippen LogP contribution is -2.28. The molecule has 0 unspecified atom stereocenters. The summed E-state index contributed by atoms with van der Waals surface area (Å²) in [6, 6.07) is 21.3. The monoisotopic (exact) mass is 575 g/mol. The highest BCUT2D eigenvalue weighted by Crippen LogP contribution is 2.33. The number of allylic oxidation sites excluding steroid dienone is 4. The molecule has 3 N–H and O–H groups in total. The van der Waals surface area contributed by atoms with Gasteiger partial charge in [0.15, 0.2) is 0 Å². The van der Waals surface area contributed by atoms with Crippen LogP contribution in [-0.4, -0.2) is 23.9 Å². The van der Waals surface area contributed by atoms with Crippen molar-refractivity contribution in [1.29, 1.82) is 0 Å². The molecule has 0 saturated carbocycles. The second kappa shape index (κ2) is 15.5. The molecule has 5 heteroatoms. The van der Waals surface area contributed by atoms with Gasteiger partial charge in [0, 0.05) is 29.4 Å². The number of amidine groups is 1. The zero-order chi connectivity index (χ0) is 31.5. The number of nitrogens with zero attached hydrogens (tertiary/aromatic N) is 1. The van der Waals surface area contributed by atoms with Gasteiger partial charge in [-0.05, 0) is 66.7 Å².